The van der Waals surface area contributed by atoms with Crippen LogP contribution in [0.4, 0.5) is 10.8 Å². The Balaban J connectivity index is 1.19. The van der Waals surface area contributed by atoms with E-state index >= 15 is 0 Å². The number of ether oxygens (including phenoxy) is 2. The average molecular weight is 561 g/mol. The van der Waals surface area contributed by atoms with Crippen molar-refractivity contribution in [3.8, 4) is 11.5 Å². The maximum Gasteiger partial charge on any atom is 0.269 e. The molecule has 13 heteroatoms. The summed E-state index contributed by atoms with van der Waals surface area (Å²) in [5.74, 6) is 0.400. The Morgan fingerprint density at radius 1 is 1.00 bits per heavy atom. The first-order chi connectivity index (χ1) is 19.4. The highest BCUT2D eigenvalue weighted by Gasteiger charge is 2.13. The minimum Gasteiger partial charge on any atom is -0.490 e. The van der Waals surface area contributed by atoms with Gasteiger partial charge in [0.25, 0.3) is 11.6 Å². The molecular weight excluding hydrogens is 536 g/mol. The number of nitrogens with zero attached hydrogens (tertiary/aromatic N) is 4. The van der Waals surface area contributed by atoms with Crippen molar-refractivity contribution < 1.29 is 24.0 Å². The van der Waals surface area contributed by atoms with E-state index in [9.17, 15) is 19.7 Å². The number of nitro groups is 1. The number of anilines is 1. The fourth-order valence-corrected chi connectivity index (χ4v) is 4.12. The van der Waals surface area contributed by atoms with Gasteiger partial charge in [-0.15, -0.1) is 10.2 Å². The number of hydrogen-bond donors (Lipinski definition) is 2. The molecule has 0 saturated heterocycles. The number of carbonyl (C=O) groups excluding carboxylic acids is 2. The number of aryl methyl sites for hydroxylation is 1. The van der Waals surface area contributed by atoms with Gasteiger partial charge in [-0.05, 0) is 48.4 Å². The lowest BCUT2D eigenvalue weighted by Crippen LogP contribution is -2.19. The Bertz CT molecular complexity index is 1520. The third-order valence-electron chi connectivity index (χ3n) is 5.32. The molecule has 0 atom stereocenters. The van der Waals surface area contributed by atoms with E-state index in [2.05, 4.69) is 26.0 Å². The van der Waals surface area contributed by atoms with E-state index < -0.39 is 4.92 Å². The van der Waals surface area contributed by atoms with Crippen molar-refractivity contribution in [3.05, 3.63) is 105 Å². The molecule has 0 saturated carbocycles. The second-order valence-corrected chi connectivity index (χ2v) is 9.32. The Kier molecular flexibility index (Phi) is 9.45. The van der Waals surface area contributed by atoms with Crippen LogP contribution in [-0.2, 0) is 11.2 Å². The summed E-state index contributed by atoms with van der Waals surface area (Å²) in [5.41, 5.74) is 4.51. The number of carbonyl (C=O) groups is 2. The summed E-state index contributed by atoms with van der Waals surface area (Å²) in [6, 6.07) is 20.1. The fourth-order valence-electron chi connectivity index (χ4n) is 3.39. The first-order valence-electron chi connectivity index (χ1n) is 12.0. The monoisotopic (exact) mass is 560 g/mol. The van der Waals surface area contributed by atoms with Gasteiger partial charge in [0.2, 0.25) is 11.0 Å². The van der Waals surface area contributed by atoms with Crippen LogP contribution in [0, 0.1) is 17.0 Å². The first kappa shape index (κ1) is 27.9. The van der Waals surface area contributed by atoms with Gasteiger partial charge in [0, 0.05) is 17.7 Å². The quantitative estimate of drug-likeness (QED) is 0.113. The Labute approximate surface area is 232 Å². The van der Waals surface area contributed by atoms with Gasteiger partial charge in [0.05, 0.1) is 17.6 Å². The second kappa shape index (κ2) is 13.6. The maximum atomic E-state index is 12.4. The van der Waals surface area contributed by atoms with Crippen LogP contribution in [0.2, 0.25) is 0 Å². The molecule has 2 N–H and O–H groups in total. The fraction of sp³-hybridized carbons (Fsp3) is 0.148. The van der Waals surface area contributed by atoms with Gasteiger partial charge in [-0.3, -0.25) is 25.0 Å². The van der Waals surface area contributed by atoms with E-state index in [4.69, 9.17) is 9.47 Å². The van der Waals surface area contributed by atoms with E-state index in [1.807, 2.05) is 19.1 Å². The standard InChI is InChI=1S/C27H24N6O6S/c1-18-5-2-3-8-23(18)26(35)29-27-32-31-25(40-27)16-24(34)30-28-17-19-6-4-7-22(15-19)39-14-13-38-21-11-9-20(10-12-21)33(36)37/h2-12,15,17H,13-14,16H2,1H3,(H,30,34)(H,29,32,35)/b28-17+. The van der Waals surface area contributed by atoms with Crippen molar-refractivity contribution in [1.29, 1.82) is 0 Å². The van der Waals surface area contributed by atoms with Gasteiger partial charge in [0.15, 0.2) is 0 Å². The number of aromatic nitrogens is 2. The van der Waals surface area contributed by atoms with Gasteiger partial charge < -0.3 is 9.47 Å². The molecule has 4 aromatic rings. The Morgan fingerprint density at radius 3 is 2.50 bits per heavy atom. The number of amides is 2. The molecule has 0 unspecified atom stereocenters. The molecule has 1 aromatic heterocycles. The molecule has 1 heterocycles. The molecule has 0 fully saturated rings. The predicted molar refractivity (Wildman–Crippen MR) is 149 cm³/mol. The SMILES string of the molecule is Cc1ccccc1C(=O)Nc1nnc(CC(=O)N/N=C/c2cccc(OCCOc3ccc([N+](=O)[O-])cc3)c2)s1. The lowest BCUT2D eigenvalue weighted by atomic mass is 10.1. The van der Waals surface area contributed by atoms with Crippen LogP contribution in [0.3, 0.4) is 0 Å². The molecule has 0 aliphatic rings. The van der Waals surface area contributed by atoms with Crippen molar-refractivity contribution in [2.24, 2.45) is 5.10 Å². The molecule has 0 aliphatic heterocycles. The van der Waals surface area contributed by atoms with Gasteiger partial charge in [-0.25, -0.2) is 5.43 Å². The molecule has 4 rings (SSSR count). The largest absolute Gasteiger partial charge is 0.490 e. The molecule has 0 bridgehead atoms. The topological polar surface area (TPSA) is 158 Å². The van der Waals surface area contributed by atoms with Crippen molar-refractivity contribution in [2.45, 2.75) is 13.3 Å². The molecule has 3 aromatic carbocycles. The van der Waals surface area contributed by atoms with Gasteiger partial charge >= 0.3 is 0 Å². The lowest BCUT2D eigenvalue weighted by molar-refractivity contribution is -0.384. The number of benzene rings is 3. The van der Waals surface area contributed by atoms with Crippen LogP contribution in [0.25, 0.3) is 0 Å². The van der Waals surface area contributed by atoms with Crippen LogP contribution in [0.5, 0.6) is 11.5 Å². The highest BCUT2D eigenvalue weighted by atomic mass is 32.1. The van der Waals surface area contributed by atoms with Crippen LogP contribution in [-0.4, -0.2) is 46.4 Å². The van der Waals surface area contributed by atoms with E-state index in [-0.39, 0.29) is 37.1 Å². The van der Waals surface area contributed by atoms with Crippen LogP contribution >= 0.6 is 11.3 Å². The third-order valence-corrected chi connectivity index (χ3v) is 6.16. The zero-order chi connectivity index (χ0) is 28.3. The number of rotatable bonds is 12. The first-order valence-corrected chi connectivity index (χ1v) is 12.8. The average Bonchev–Trinajstić information content (AvgIpc) is 3.38. The summed E-state index contributed by atoms with van der Waals surface area (Å²) < 4.78 is 11.2. The van der Waals surface area contributed by atoms with Crippen molar-refractivity contribution >= 4 is 40.2 Å². The van der Waals surface area contributed by atoms with Crippen molar-refractivity contribution in [1.82, 2.24) is 15.6 Å². The molecule has 40 heavy (non-hydrogen) atoms. The van der Waals surface area contributed by atoms with E-state index in [0.717, 1.165) is 16.9 Å². The summed E-state index contributed by atoms with van der Waals surface area (Å²) in [6.07, 6.45) is 1.43. The molecule has 0 radical (unpaired) electrons. The minimum atomic E-state index is -0.473. The van der Waals surface area contributed by atoms with Gasteiger partial charge in [-0.1, -0.05) is 41.7 Å². The second-order valence-electron chi connectivity index (χ2n) is 8.26. The summed E-state index contributed by atoms with van der Waals surface area (Å²) in [5, 5.41) is 26.0. The van der Waals surface area contributed by atoms with Crippen LogP contribution < -0.4 is 20.2 Å². The molecule has 204 valence electrons. The summed E-state index contributed by atoms with van der Waals surface area (Å²) in [6.45, 7) is 2.34. The smallest absolute Gasteiger partial charge is 0.269 e. The zero-order valence-electron chi connectivity index (χ0n) is 21.3. The zero-order valence-corrected chi connectivity index (χ0v) is 22.1. The highest BCUT2D eigenvalue weighted by Crippen LogP contribution is 2.19. The third kappa shape index (κ3) is 8.16. The molecule has 2 amide bonds. The van der Waals surface area contributed by atoms with Gasteiger partial charge in [-0.2, -0.15) is 5.10 Å². The van der Waals surface area contributed by atoms with Crippen LogP contribution in [0.1, 0.15) is 26.5 Å². The molecule has 12 nitrogen and oxygen atoms in total. The van der Waals surface area contributed by atoms with E-state index in [1.54, 1.807) is 36.4 Å². The number of hydrazone groups is 1. The maximum absolute atomic E-state index is 12.4. The normalized spacial score (nSPS) is 10.7. The summed E-state index contributed by atoms with van der Waals surface area (Å²) >= 11 is 1.11. The predicted octanol–water partition coefficient (Wildman–Crippen LogP) is 4.16. The summed E-state index contributed by atoms with van der Waals surface area (Å²) in [7, 11) is 0. The van der Waals surface area contributed by atoms with Gasteiger partial charge in [0.1, 0.15) is 29.7 Å². The highest BCUT2D eigenvalue weighted by molar-refractivity contribution is 7.15. The molecule has 0 spiro atoms. The van der Waals surface area contributed by atoms with E-state index in [0.29, 0.717) is 32.8 Å². The summed E-state index contributed by atoms with van der Waals surface area (Å²) in [4.78, 5) is 34.9. The number of non-ortho nitro benzene ring substituents is 1. The Hall–Kier alpha value is -5.17. The molecule has 0 aliphatic carbocycles. The lowest BCUT2D eigenvalue weighted by Gasteiger charge is -2.08. The van der Waals surface area contributed by atoms with Crippen molar-refractivity contribution in [3.63, 3.8) is 0 Å². The number of nitro benzene ring substituents is 1. The number of hydrogen-bond acceptors (Lipinski definition) is 10. The van der Waals surface area contributed by atoms with Crippen LogP contribution in [0.15, 0.2) is 77.9 Å². The van der Waals surface area contributed by atoms with E-state index in [1.165, 1.54) is 30.5 Å². The van der Waals surface area contributed by atoms with Crippen molar-refractivity contribution in [2.75, 3.05) is 18.5 Å². The Morgan fingerprint density at radius 2 is 1.75 bits per heavy atom. The molecular formula is C27H24N6O6S. The number of nitrogens with one attached hydrogen (secondary N) is 2. The minimum absolute atomic E-state index is 0.00724.